The summed E-state index contributed by atoms with van der Waals surface area (Å²) >= 11 is 0. The van der Waals surface area contributed by atoms with Crippen LogP contribution in [-0.4, -0.2) is 31.4 Å². The van der Waals surface area contributed by atoms with Gasteiger partial charge in [-0.25, -0.2) is 0 Å². The molecule has 1 aliphatic carbocycles. The van der Waals surface area contributed by atoms with Gasteiger partial charge in [0.1, 0.15) is 0 Å². The van der Waals surface area contributed by atoms with Crippen LogP contribution < -0.4 is 5.32 Å². The van der Waals surface area contributed by atoms with Gasteiger partial charge in [-0.05, 0) is 56.4 Å². The van der Waals surface area contributed by atoms with Gasteiger partial charge >= 0.3 is 6.18 Å². The van der Waals surface area contributed by atoms with E-state index in [-0.39, 0.29) is 5.91 Å². The lowest BCUT2D eigenvalue weighted by molar-refractivity contribution is -0.137. The van der Waals surface area contributed by atoms with Crippen LogP contribution in [0.25, 0.3) is 6.08 Å². The number of nitrogens with one attached hydrogen (secondary N) is 1. The standard InChI is InChI=1S/C16H19F3N2O/c1-21(2)7-3-4-15(22)20-14-9-11-5-6-13(16(17,18)19)8-12(11)10-14/h5-6,8-9H,3-4,7,10H2,1-2H3,(H,20,22). The molecular weight excluding hydrogens is 293 g/mol. The summed E-state index contributed by atoms with van der Waals surface area (Å²) in [6.45, 7) is 0.821. The molecule has 3 nitrogen and oxygen atoms in total. The zero-order chi connectivity index (χ0) is 16.3. The van der Waals surface area contributed by atoms with E-state index < -0.39 is 11.7 Å². The van der Waals surface area contributed by atoms with E-state index in [0.717, 1.165) is 30.7 Å². The Kier molecular flexibility index (Phi) is 4.90. The molecule has 0 aliphatic heterocycles. The smallest absolute Gasteiger partial charge is 0.329 e. The summed E-state index contributed by atoms with van der Waals surface area (Å²) < 4.78 is 38.0. The minimum absolute atomic E-state index is 0.100. The predicted octanol–water partition coefficient (Wildman–Crippen LogP) is 3.06. The van der Waals surface area contributed by atoms with Gasteiger partial charge in [-0.2, -0.15) is 13.2 Å². The molecule has 0 aromatic heterocycles. The van der Waals surface area contributed by atoms with Crippen LogP contribution in [0.15, 0.2) is 23.9 Å². The third-order valence-electron chi connectivity index (χ3n) is 3.49. The molecule has 0 heterocycles. The van der Waals surface area contributed by atoms with E-state index in [1.807, 2.05) is 19.0 Å². The van der Waals surface area contributed by atoms with Crippen molar-refractivity contribution in [2.45, 2.75) is 25.4 Å². The maximum atomic E-state index is 12.7. The summed E-state index contributed by atoms with van der Waals surface area (Å²) in [6, 6.07) is 3.66. The van der Waals surface area contributed by atoms with Crippen LogP contribution in [-0.2, 0) is 17.4 Å². The lowest BCUT2D eigenvalue weighted by Gasteiger charge is -2.10. The quantitative estimate of drug-likeness (QED) is 0.906. The zero-order valence-electron chi connectivity index (χ0n) is 12.6. The number of benzene rings is 1. The Morgan fingerprint density at radius 2 is 2.05 bits per heavy atom. The number of carbonyl (C=O) groups is 1. The van der Waals surface area contributed by atoms with Crippen molar-refractivity contribution in [3.63, 3.8) is 0 Å². The first-order valence-corrected chi connectivity index (χ1v) is 7.11. The highest BCUT2D eigenvalue weighted by molar-refractivity contribution is 5.80. The first-order chi connectivity index (χ1) is 10.3. The van der Waals surface area contributed by atoms with E-state index in [4.69, 9.17) is 0 Å². The summed E-state index contributed by atoms with van der Waals surface area (Å²) in [4.78, 5) is 13.8. The minimum atomic E-state index is -4.34. The minimum Gasteiger partial charge on any atom is -0.329 e. The number of halogens is 3. The lowest BCUT2D eigenvalue weighted by Crippen LogP contribution is -2.24. The van der Waals surface area contributed by atoms with Crippen molar-refractivity contribution in [2.75, 3.05) is 20.6 Å². The van der Waals surface area contributed by atoms with Gasteiger partial charge in [-0.3, -0.25) is 4.79 Å². The summed E-state index contributed by atoms with van der Waals surface area (Å²) in [5.74, 6) is -0.100. The van der Waals surface area contributed by atoms with Gasteiger partial charge in [0.15, 0.2) is 0 Å². The molecule has 1 aromatic carbocycles. The van der Waals surface area contributed by atoms with E-state index >= 15 is 0 Å². The Morgan fingerprint density at radius 3 is 2.68 bits per heavy atom. The highest BCUT2D eigenvalue weighted by atomic mass is 19.4. The molecule has 120 valence electrons. The zero-order valence-corrected chi connectivity index (χ0v) is 12.6. The Hall–Kier alpha value is -1.82. The second-order valence-electron chi connectivity index (χ2n) is 5.71. The topological polar surface area (TPSA) is 32.3 Å². The number of carbonyl (C=O) groups excluding carboxylic acids is 1. The maximum absolute atomic E-state index is 12.7. The van der Waals surface area contributed by atoms with Gasteiger partial charge in [0, 0.05) is 18.5 Å². The highest BCUT2D eigenvalue weighted by Crippen LogP contribution is 2.33. The van der Waals surface area contributed by atoms with Gasteiger partial charge in [0.25, 0.3) is 0 Å². The molecule has 0 spiro atoms. The molecule has 0 bridgehead atoms. The first kappa shape index (κ1) is 16.5. The van der Waals surface area contributed by atoms with Crippen LogP contribution in [0.5, 0.6) is 0 Å². The van der Waals surface area contributed by atoms with Crippen LogP contribution in [0.4, 0.5) is 13.2 Å². The summed E-state index contributed by atoms with van der Waals surface area (Å²) in [5.41, 5.74) is 1.33. The SMILES string of the molecule is CN(C)CCCC(=O)NC1=Cc2ccc(C(F)(F)F)cc2C1. The summed E-state index contributed by atoms with van der Waals surface area (Å²) in [7, 11) is 3.87. The van der Waals surface area contributed by atoms with Crippen molar-refractivity contribution in [3.8, 4) is 0 Å². The molecule has 0 saturated carbocycles. The monoisotopic (exact) mass is 312 g/mol. The van der Waals surface area contributed by atoms with Crippen molar-refractivity contribution in [3.05, 3.63) is 40.6 Å². The molecule has 22 heavy (non-hydrogen) atoms. The number of alkyl halides is 3. The van der Waals surface area contributed by atoms with E-state index in [1.54, 1.807) is 6.08 Å². The Labute approximate surface area is 127 Å². The van der Waals surface area contributed by atoms with Crippen LogP contribution >= 0.6 is 0 Å². The number of hydrogen-bond acceptors (Lipinski definition) is 2. The van der Waals surface area contributed by atoms with Crippen LogP contribution in [0.3, 0.4) is 0 Å². The van der Waals surface area contributed by atoms with Crippen molar-refractivity contribution in [2.24, 2.45) is 0 Å². The number of fused-ring (bicyclic) bond motifs is 1. The fourth-order valence-electron chi connectivity index (χ4n) is 2.40. The largest absolute Gasteiger partial charge is 0.416 e. The molecule has 0 radical (unpaired) electrons. The lowest BCUT2D eigenvalue weighted by atomic mass is 10.1. The second-order valence-corrected chi connectivity index (χ2v) is 5.71. The molecule has 2 rings (SSSR count). The van der Waals surface area contributed by atoms with Crippen molar-refractivity contribution in [1.29, 1.82) is 0 Å². The fraction of sp³-hybridized carbons (Fsp3) is 0.438. The van der Waals surface area contributed by atoms with E-state index in [9.17, 15) is 18.0 Å². The van der Waals surface area contributed by atoms with Crippen molar-refractivity contribution >= 4 is 12.0 Å². The average molecular weight is 312 g/mol. The van der Waals surface area contributed by atoms with E-state index in [2.05, 4.69) is 5.32 Å². The van der Waals surface area contributed by atoms with Gasteiger partial charge in [-0.1, -0.05) is 6.07 Å². The molecule has 1 amide bonds. The van der Waals surface area contributed by atoms with Gasteiger partial charge in [0.2, 0.25) is 5.91 Å². The molecule has 1 N–H and O–H groups in total. The summed E-state index contributed by atoms with van der Waals surface area (Å²) in [6.07, 6.45) is -1.12. The molecular formula is C16H19F3N2O. The van der Waals surface area contributed by atoms with Crippen molar-refractivity contribution in [1.82, 2.24) is 10.2 Å². The first-order valence-electron chi connectivity index (χ1n) is 7.11. The molecule has 0 saturated heterocycles. The Morgan fingerprint density at radius 1 is 1.32 bits per heavy atom. The van der Waals surface area contributed by atoms with Crippen LogP contribution in [0, 0.1) is 0 Å². The van der Waals surface area contributed by atoms with E-state index in [0.29, 0.717) is 24.1 Å². The van der Waals surface area contributed by atoms with Gasteiger partial charge in [-0.15, -0.1) is 0 Å². The maximum Gasteiger partial charge on any atom is 0.416 e. The fourth-order valence-corrected chi connectivity index (χ4v) is 2.40. The van der Waals surface area contributed by atoms with E-state index in [1.165, 1.54) is 6.07 Å². The molecule has 0 fully saturated rings. The van der Waals surface area contributed by atoms with Gasteiger partial charge < -0.3 is 10.2 Å². The number of amides is 1. The second kappa shape index (κ2) is 6.52. The van der Waals surface area contributed by atoms with Crippen LogP contribution in [0.2, 0.25) is 0 Å². The number of rotatable bonds is 5. The summed E-state index contributed by atoms with van der Waals surface area (Å²) in [5, 5.41) is 2.78. The third kappa shape index (κ3) is 4.34. The molecule has 0 atom stereocenters. The molecule has 1 aliphatic rings. The average Bonchev–Trinajstić information content (AvgIpc) is 2.77. The predicted molar refractivity (Wildman–Crippen MR) is 79.1 cm³/mol. The normalized spacial score (nSPS) is 14.0. The number of hydrogen-bond donors (Lipinski definition) is 1. The number of nitrogens with zero attached hydrogens (tertiary/aromatic N) is 1. The Balaban J connectivity index is 1.93. The van der Waals surface area contributed by atoms with Crippen LogP contribution in [0.1, 0.15) is 29.5 Å². The van der Waals surface area contributed by atoms with Gasteiger partial charge in [0.05, 0.1) is 5.56 Å². The Bertz CT molecular complexity index is 592. The molecule has 6 heteroatoms. The highest BCUT2D eigenvalue weighted by Gasteiger charge is 2.31. The molecule has 1 aromatic rings. The number of allylic oxidation sites excluding steroid dienone is 1. The molecule has 0 unspecified atom stereocenters. The third-order valence-corrected chi connectivity index (χ3v) is 3.49. The van der Waals surface area contributed by atoms with Crippen molar-refractivity contribution < 1.29 is 18.0 Å².